The first-order chi connectivity index (χ1) is 12.6. The maximum absolute atomic E-state index is 13.1. The van der Waals surface area contributed by atoms with E-state index >= 15 is 0 Å². The molecule has 2 fully saturated rings. The number of halogens is 2. The summed E-state index contributed by atoms with van der Waals surface area (Å²) in [5.41, 5.74) is 3.20. The molecule has 0 spiro atoms. The Morgan fingerprint density at radius 1 is 0.923 bits per heavy atom. The number of rotatable bonds is 4. The molecule has 2 aliphatic rings. The van der Waals surface area contributed by atoms with E-state index in [1.807, 2.05) is 12.1 Å². The summed E-state index contributed by atoms with van der Waals surface area (Å²) in [6, 6.07) is 13.6. The lowest BCUT2D eigenvalue weighted by molar-refractivity contribution is 0.0733. The zero-order valence-corrected chi connectivity index (χ0v) is 14.6. The van der Waals surface area contributed by atoms with Crippen molar-refractivity contribution in [2.45, 2.75) is 43.9 Å². The van der Waals surface area contributed by atoms with Gasteiger partial charge in [-0.2, -0.15) is 0 Å². The minimum absolute atomic E-state index is 0.211. The van der Waals surface area contributed by atoms with Gasteiger partial charge >= 0.3 is 0 Å². The summed E-state index contributed by atoms with van der Waals surface area (Å²) in [6.45, 7) is 0.588. The summed E-state index contributed by atoms with van der Waals surface area (Å²) in [5, 5.41) is 10.5. The van der Waals surface area contributed by atoms with Gasteiger partial charge < -0.3 is 5.11 Å². The van der Waals surface area contributed by atoms with Crippen LogP contribution in [0, 0.1) is 11.6 Å². The minimum Gasteiger partial charge on any atom is -0.387 e. The van der Waals surface area contributed by atoms with Gasteiger partial charge in [0.25, 0.3) is 0 Å². The van der Waals surface area contributed by atoms with Gasteiger partial charge in [-0.25, -0.2) is 8.78 Å². The summed E-state index contributed by atoms with van der Waals surface area (Å²) >= 11 is 0. The van der Waals surface area contributed by atoms with Gasteiger partial charge in [-0.15, -0.1) is 0 Å². The maximum atomic E-state index is 13.1. The minimum atomic E-state index is -0.596. The second-order valence-corrected chi connectivity index (χ2v) is 7.41. The molecule has 3 atom stereocenters. The molecule has 2 nitrogen and oxygen atoms in total. The van der Waals surface area contributed by atoms with E-state index in [0.717, 1.165) is 36.8 Å². The van der Waals surface area contributed by atoms with Gasteiger partial charge in [0, 0.05) is 18.6 Å². The van der Waals surface area contributed by atoms with Crippen molar-refractivity contribution in [3.05, 3.63) is 76.9 Å². The molecule has 2 bridgehead atoms. The number of piperidine rings is 1. The van der Waals surface area contributed by atoms with Crippen LogP contribution in [-0.4, -0.2) is 28.6 Å². The molecule has 0 unspecified atom stereocenters. The first-order valence-corrected chi connectivity index (χ1v) is 9.23. The average molecular weight is 355 g/mol. The van der Waals surface area contributed by atoms with Crippen LogP contribution in [0.3, 0.4) is 0 Å². The van der Waals surface area contributed by atoms with Gasteiger partial charge in [-0.3, -0.25) is 4.90 Å². The van der Waals surface area contributed by atoms with Crippen LogP contribution in [0.5, 0.6) is 0 Å². The maximum Gasteiger partial charge on any atom is 0.123 e. The number of nitrogens with zero attached hydrogens (tertiary/aromatic N) is 1. The highest BCUT2D eigenvalue weighted by atomic mass is 19.1. The fourth-order valence-corrected chi connectivity index (χ4v) is 4.34. The molecule has 4 heteroatoms. The number of hydrogen-bond acceptors (Lipinski definition) is 2. The third-order valence-electron chi connectivity index (χ3n) is 5.65. The monoisotopic (exact) mass is 355 g/mol. The van der Waals surface area contributed by atoms with E-state index in [2.05, 4.69) is 11.0 Å². The first-order valence-electron chi connectivity index (χ1n) is 9.23. The quantitative estimate of drug-likeness (QED) is 0.859. The summed E-state index contributed by atoms with van der Waals surface area (Å²) in [4.78, 5) is 2.41. The summed E-state index contributed by atoms with van der Waals surface area (Å²) < 4.78 is 26.1. The lowest BCUT2D eigenvalue weighted by Crippen LogP contribution is -2.42. The van der Waals surface area contributed by atoms with Crippen LogP contribution >= 0.6 is 0 Å². The summed E-state index contributed by atoms with van der Waals surface area (Å²) in [6.07, 6.45) is 5.84. The number of benzene rings is 2. The largest absolute Gasteiger partial charge is 0.387 e. The van der Waals surface area contributed by atoms with Crippen molar-refractivity contribution in [2.75, 3.05) is 6.54 Å². The van der Waals surface area contributed by atoms with E-state index in [9.17, 15) is 13.9 Å². The number of aliphatic hydroxyl groups is 1. The van der Waals surface area contributed by atoms with E-state index in [-0.39, 0.29) is 11.6 Å². The first kappa shape index (κ1) is 17.4. The molecule has 0 saturated carbocycles. The van der Waals surface area contributed by atoms with Crippen LogP contribution in [0.1, 0.15) is 42.9 Å². The number of hydrogen-bond donors (Lipinski definition) is 1. The van der Waals surface area contributed by atoms with Crippen LogP contribution in [0.2, 0.25) is 0 Å². The van der Waals surface area contributed by atoms with E-state index in [4.69, 9.17) is 0 Å². The molecule has 136 valence electrons. The third kappa shape index (κ3) is 3.71. The van der Waals surface area contributed by atoms with Crippen molar-refractivity contribution in [3.63, 3.8) is 0 Å². The Bertz CT molecular complexity index is 769. The van der Waals surface area contributed by atoms with Gasteiger partial charge in [0.1, 0.15) is 11.6 Å². The van der Waals surface area contributed by atoms with Gasteiger partial charge in [-0.05, 0) is 61.1 Å². The highest BCUT2D eigenvalue weighted by Crippen LogP contribution is 2.40. The van der Waals surface area contributed by atoms with Crippen molar-refractivity contribution in [1.82, 2.24) is 4.90 Å². The Morgan fingerprint density at radius 2 is 1.46 bits per heavy atom. The standard InChI is InChI=1S/C22H23F2NO/c23-18-5-1-15(2-6-18)11-16-12-20-9-10-21(13-16)25(20)14-22(26)17-3-7-19(24)8-4-17/h1-8,11,20-22,26H,9-10,12-14H2/t20-,21+,22-/m0/s1. The Balaban J connectivity index is 1.43. The third-order valence-corrected chi connectivity index (χ3v) is 5.65. The molecular formula is C22H23F2NO. The van der Waals surface area contributed by atoms with E-state index in [0.29, 0.717) is 18.6 Å². The molecular weight excluding hydrogens is 332 g/mol. The smallest absolute Gasteiger partial charge is 0.123 e. The lowest BCUT2D eigenvalue weighted by Gasteiger charge is -2.37. The van der Waals surface area contributed by atoms with E-state index in [1.54, 1.807) is 12.1 Å². The van der Waals surface area contributed by atoms with Gasteiger partial charge in [0.05, 0.1) is 6.10 Å². The molecule has 2 saturated heterocycles. The molecule has 0 aromatic heterocycles. The number of fused-ring (bicyclic) bond motifs is 2. The SMILES string of the molecule is O[C@@H](CN1[C@@H]2CC[C@H]1CC(=Cc1ccc(F)cc1)C2)c1ccc(F)cc1. The molecule has 2 aliphatic heterocycles. The van der Waals surface area contributed by atoms with Gasteiger partial charge in [-0.1, -0.05) is 35.9 Å². The van der Waals surface area contributed by atoms with Crippen LogP contribution in [0.25, 0.3) is 6.08 Å². The lowest BCUT2D eigenvalue weighted by atomic mass is 9.94. The fourth-order valence-electron chi connectivity index (χ4n) is 4.34. The van der Waals surface area contributed by atoms with Crippen LogP contribution in [0.15, 0.2) is 54.1 Å². The van der Waals surface area contributed by atoms with Crippen molar-refractivity contribution in [1.29, 1.82) is 0 Å². The Labute approximate surface area is 152 Å². The van der Waals surface area contributed by atoms with Crippen LogP contribution < -0.4 is 0 Å². The van der Waals surface area contributed by atoms with Gasteiger partial charge in [0.2, 0.25) is 0 Å². The molecule has 0 amide bonds. The van der Waals surface area contributed by atoms with Crippen molar-refractivity contribution < 1.29 is 13.9 Å². The highest BCUT2D eigenvalue weighted by Gasteiger charge is 2.39. The van der Waals surface area contributed by atoms with Crippen LogP contribution in [-0.2, 0) is 0 Å². The molecule has 0 radical (unpaired) electrons. The second-order valence-electron chi connectivity index (χ2n) is 7.41. The van der Waals surface area contributed by atoms with Crippen molar-refractivity contribution in [2.24, 2.45) is 0 Å². The van der Waals surface area contributed by atoms with Crippen LogP contribution in [0.4, 0.5) is 8.78 Å². The predicted molar refractivity (Wildman–Crippen MR) is 98.5 cm³/mol. The molecule has 1 N–H and O–H groups in total. The average Bonchev–Trinajstić information content (AvgIpc) is 2.87. The molecule has 2 heterocycles. The molecule has 4 rings (SSSR count). The van der Waals surface area contributed by atoms with Gasteiger partial charge in [0.15, 0.2) is 0 Å². The topological polar surface area (TPSA) is 23.5 Å². The summed E-state index contributed by atoms with van der Waals surface area (Å²) in [5.74, 6) is -0.494. The Morgan fingerprint density at radius 3 is 2.04 bits per heavy atom. The van der Waals surface area contributed by atoms with Crippen molar-refractivity contribution >= 4 is 6.08 Å². The summed E-state index contributed by atoms with van der Waals surface area (Å²) in [7, 11) is 0. The Kier molecular flexibility index (Phi) is 4.88. The van der Waals surface area contributed by atoms with E-state index < -0.39 is 6.10 Å². The normalized spacial score (nSPS) is 25.6. The number of aliphatic hydroxyl groups excluding tert-OH is 1. The molecule has 2 aromatic rings. The Hall–Kier alpha value is -2.04. The zero-order valence-electron chi connectivity index (χ0n) is 14.6. The van der Waals surface area contributed by atoms with Crippen molar-refractivity contribution in [3.8, 4) is 0 Å². The van der Waals surface area contributed by atoms with E-state index in [1.165, 1.54) is 29.8 Å². The highest BCUT2D eigenvalue weighted by molar-refractivity contribution is 5.53. The second kappa shape index (κ2) is 7.29. The predicted octanol–water partition coefficient (Wildman–Crippen LogP) is 4.71. The fraction of sp³-hybridized carbons (Fsp3) is 0.364. The molecule has 0 aliphatic carbocycles. The zero-order chi connectivity index (χ0) is 18.1. The molecule has 2 aromatic carbocycles. The molecule has 26 heavy (non-hydrogen) atoms.